The number of amides is 2. The zero-order valence-corrected chi connectivity index (χ0v) is 10.4. The summed E-state index contributed by atoms with van der Waals surface area (Å²) >= 11 is 0. The molecule has 1 aromatic rings. The van der Waals surface area contributed by atoms with E-state index in [1.54, 1.807) is 12.1 Å². The van der Waals surface area contributed by atoms with Crippen molar-refractivity contribution in [3.8, 4) is 5.75 Å². The Bertz CT molecular complexity index is 505. The Morgan fingerprint density at radius 2 is 2.11 bits per heavy atom. The first-order valence-electron chi connectivity index (χ1n) is 5.70. The van der Waals surface area contributed by atoms with E-state index in [1.165, 1.54) is 11.9 Å². The zero-order chi connectivity index (χ0) is 13.8. The predicted octanol–water partition coefficient (Wildman–Crippen LogP) is -0.0560. The smallest absolute Gasteiger partial charge is 0.415 e. The minimum Gasteiger partial charge on any atom is -0.480 e. The van der Waals surface area contributed by atoms with Gasteiger partial charge in [-0.05, 0) is 19.2 Å². The first kappa shape index (κ1) is 13.1. The summed E-state index contributed by atoms with van der Waals surface area (Å²) in [6.45, 7) is 0.791. The number of anilines is 2. The standard InChI is InChI=1S/C10H9N3O4.CH5N/c14-8-5-17-6-1-2-7(11-9(6)12-8)13-3-4-16-10(13)15;1-2/h1-2H,3-5H2,(H,11,12,14);2H2,1H3. The molecular formula is C11H14N4O4. The summed E-state index contributed by atoms with van der Waals surface area (Å²) in [5.41, 5.74) is 4.50. The Morgan fingerprint density at radius 3 is 2.79 bits per heavy atom. The number of carbonyl (C=O) groups excluding carboxylic acids is 2. The summed E-state index contributed by atoms with van der Waals surface area (Å²) in [4.78, 5) is 28.1. The van der Waals surface area contributed by atoms with Gasteiger partial charge in [0.25, 0.3) is 5.91 Å². The zero-order valence-electron chi connectivity index (χ0n) is 10.4. The number of pyridine rings is 1. The number of hydrogen-bond donors (Lipinski definition) is 2. The second-order valence-corrected chi connectivity index (χ2v) is 3.62. The fraction of sp³-hybridized carbons (Fsp3) is 0.364. The molecule has 0 aromatic carbocycles. The summed E-state index contributed by atoms with van der Waals surface area (Å²) in [6, 6.07) is 3.32. The normalized spacial score (nSPS) is 16.6. The van der Waals surface area contributed by atoms with Gasteiger partial charge in [0, 0.05) is 0 Å². The van der Waals surface area contributed by atoms with Crippen LogP contribution in [-0.2, 0) is 9.53 Å². The molecule has 0 saturated carbocycles. The number of rotatable bonds is 1. The average Bonchev–Trinajstić information content (AvgIpc) is 2.86. The summed E-state index contributed by atoms with van der Waals surface area (Å²) in [5.74, 6) is 1.02. The highest BCUT2D eigenvalue weighted by molar-refractivity contribution is 5.95. The lowest BCUT2D eigenvalue weighted by molar-refractivity contribution is -0.118. The third-order valence-electron chi connectivity index (χ3n) is 2.50. The SMILES string of the molecule is CN.O=C1COc2ccc(N3CCOC3=O)nc2N1. The second-order valence-electron chi connectivity index (χ2n) is 3.62. The maximum absolute atomic E-state index is 11.4. The van der Waals surface area contributed by atoms with Crippen LogP contribution in [0, 0.1) is 0 Å². The van der Waals surface area contributed by atoms with Crippen molar-refractivity contribution in [2.75, 3.05) is 37.0 Å². The minimum absolute atomic E-state index is 0.0141. The van der Waals surface area contributed by atoms with Crippen LogP contribution in [0.25, 0.3) is 0 Å². The van der Waals surface area contributed by atoms with E-state index in [2.05, 4.69) is 16.0 Å². The van der Waals surface area contributed by atoms with Crippen molar-refractivity contribution in [3.05, 3.63) is 12.1 Å². The van der Waals surface area contributed by atoms with Crippen LogP contribution in [0.2, 0.25) is 0 Å². The van der Waals surface area contributed by atoms with Crippen molar-refractivity contribution < 1.29 is 19.1 Å². The fourth-order valence-electron chi connectivity index (χ4n) is 1.71. The van der Waals surface area contributed by atoms with E-state index < -0.39 is 6.09 Å². The van der Waals surface area contributed by atoms with Gasteiger partial charge in [0.05, 0.1) is 6.54 Å². The molecule has 2 aliphatic heterocycles. The number of ether oxygens (including phenoxy) is 2. The molecule has 0 radical (unpaired) electrons. The van der Waals surface area contributed by atoms with Crippen LogP contribution in [0.5, 0.6) is 5.75 Å². The molecule has 8 heteroatoms. The Kier molecular flexibility index (Phi) is 3.81. The molecule has 0 unspecified atom stereocenters. The molecule has 3 N–H and O–H groups in total. The molecule has 0 atom stereocenters. The number of aromatic nitrogens is 1. The van der Waals surface area contributed by atoms with Crippen LogP contribution in [0.4, 0.5) is 16.4 Å². The van der Waals surface area contributed by atoms with Crippen molar-refractivity contribution >= 4 is 23.6 Å². The average molecular weight is 266 g/mol. The van der Waals surface area contributed by atoms with Gasteiger partial charge in [0.15, 0.2) is 18.2 Å². The van der Waals surface area contributed by atoms with Crippen LogP contribution < -0.4 is 20.7 Å². The van der Waals surface area contributed by atoms with Gasteiger partial charge in [0.2, 0.25) is 0 Å². The maximum atomic E-state index is 11.4. The highest BCUT2D eigenvalue weighted by atomic mass is 16.6. The number of carbonyl (C=O) groups is 2. The first-order valence-corrected chi connectivity index (χ1v) is 5.70. The fourth-order valence-corrected chi connectivity index (χ4v) is 1.71. The van der Waals surface area contributed by atoms with E-state index in [0.29, 0.717) is 30.5 Å². The molecule has 3 heterocycles. The van der Waals surface area contributed by atoms with E-state index in [9.17, 15) is 9.59 Å². The third-order valence-corrected chi connectivity index (χ3v) is 2.50. The van der Waals surface area contributed by atoms with Gasteiger partial charge < -0.3 is 20.5 Å². The molecule has 0 bridgehead atoms. The van der Waals surface area contributed by atoms with E-state index in [0.717, 1.165) is 0 Å². The Balaban J connectivity index is 0.000000637. The number of nitrogens with one attached hydrogen (secondary N) is 1. The van der Waals surface area contributed by atoms with Gasteiger partial charge in [-0.3, -0.25) is 9.69 Å². The van der Waals surface area contributed by atoms with Crippen LogP contribution in [0.1, 0.15) is 0 Å². The van der Waals surface area contributed by atoms with Crippen molar-refractivity contribution in [2.24, 2.45) is 5.73 Å². The van der Waals surface area contributed by atoms with Gasteiger partial charge in [-0.15, -0.1) is 0 Å². The molecule has 3 rings (SSSR count). The van der Waals surface area contributed by atoms with Crippen molar-refractivity contribution in [3.63, 3.8) is 0 Å². The predicted molar refractivity (Wildman–Crippen MR) is 67.2 cm³/mol. The van der Waals surface area contributed by atoms with Crippen LogP contribution in [0.3, 0.4) is 0 Å². The van der Waals surface area contributed by atoms with E-state index >= 15 is 0 Å². The highest BCUT2D eigenvalue weighted by Gasteiger charge is 2.26. The molecule has 102 valence electrons. The number of hydrogen-bond acceptors (Lipinski definition) is 6. The van der Waals surface area contributed by atoms with Gasteiger partial charge >= 0.3 is 6.09 Å². The van der Waals surface area contributed by atoms with Crippen molar-refractivity contribution in [2.45, 2.75) is 0 Å². The van der Waals surface area contributed by atoms with Crippen LogP contribution in [0.15, 0.2) is 12.1 Å². The minimum atomic E-state index is -0.430. The summed E-state index contributed by atoms with van der Waals surface area (Å²) in [6.07, 6.45) is -0.430. The summed E-state index contributed by atoms with van der Waals surface area (Å²) in [5, 5.41) is 2.58. The summed E-state index contributed by atoms with van der Waals surface area (Å²) < 4.78 is 9.98. The Labute approximate surface area is 109 Å². The number of cyclic esters (lactones) is 1. The van der Waals surface area contributed by atoms with Gasteiger partial charge in [-0.2, -0.15) is 0 Å². The molecular weight excluding hydrogens is 252 g/mol. The number of nitrogens with two attached hydrogens (primary N) is 1. The second kappa shape index (κ2) is 5.53. The monoisotopic (exact) mass is 266 g/mol. The molecule has 1 aromatic heterocycles. The Hall–Kier alpha value is -2.35. The van der Waals surface area contributed by atoms with E-state index in [4.69, 9.17) is 9.47 Å². The summed E-state index contributed by atoms with van der Waals surface area (Å²) in [7, 11) is 1.50. The molecule has 1 fully saturated rings. The molecule has 19 heavy (non-hydrogen) atoms. The molecule has 0 aliphatic carbocycles. The largest absolute Gasteiger partial charge is 0.480 e. The van der Waals surface area contributed by atoms with Gasteiger partial charge in [-0.25, -0.2) is 9.78 Å². The van der Waals surface area contributed by atoms with Gasteiger partial charge in [0.1, 0.15) is 12.4 Å². The topological polar surface area (TPSA) is 107 Å². The highest BCUT2D eigenvalue weighted by Crippen LogP contribution is 2.29. The van der Waals surface area contributed by atoms with Crippen molar-refractivity contribution in [1.29, 1.82) is 0 Å². The van der Waals surface area contributed by atoms with E-state index in [-0.39, 0.29) is 12.5 Å². The maximum Gasteiger partial charge on any atom is 0.415 e. The van der Waals surface area contributed by atoms with Crippen LogP contribution in [-0.4, -0.2) is 43.8 Å². The van der Waals surface area contributed by atoms with Gasteiger partial charge in [-0.1, -0.05) is 0 Å². The number of fused-ring (bicyclic) bond motifs is 1. The molecule has 2 amide bonds. The van der Waals surface area contributed by atoms with Crippen molar-refractivity contribution in [1.82, 2.24) is 4.98 Å². The first-order chi connectivity index (χ1) is 9.24. The lowest BCUT2D eigenvalue weighted by atomic mass is 10.3. The Morgan fingerprint density at radius 1 is 1.32 bits per heavy atom. The molecule has 0 spiro atoms. The lowest BCUT2D eigenvalue weighted by Crippen LogP contribution is -2.28. The quantitative estimate of drug-likeness (QED) is 0.737. The lowest BCUT2D eigenvalue weighted by Gasteiger charge is -2.19. The molecule has 8 nitrogen and oxygen atoms in total. The number of nitrogens with zero attached hydrogens (tertiary/aromatic N) is 2. The molecule has 1 saturated heterocycles. The van der Waals surface area contributed by atoms with Crippen LogP contribution >= 0.6 is 0 Å². The van der Waals surface area contributed by atoms with E-state index in [1.807, 2.05) is 0 Å². The molecule has 2 aliphatic rings. The third kappa shape index (κ3) is 2.58.